The number of benzene rings is 2. The first-order valence-electron chi connectivity index (χ1n) is 10.1. The Balaban J connectivity index is 2.07. The van der Waals surface area contributed by atoms with Crippen molar-refractivity contribution in [3.63, 3.8) is 0 Å². The van der Waals surface area contributed by atoms with Crippen molar-refractivity contribution in [3.05, 3.63) is 58.7 Å². The highest BCUT2D eigenvalue weighted by Crippen LogP contribution is 2.31. The zero-order valence-corrected chi connectivity index (χ0v) is 19.4. The zero-order chi connectivity index (χ0) is 22.5. The number of hydrogen-bond acceptors (Lipinski definition) is 5. The van der Waals surface area contributed by atoms with Gasteiger partial charge < -0.3 is 18.9 Å². The molecule has 2 aromatic carbocycles. The lowest BCUT2D eigenvalue weighted by molar-refractivity contribution is 0.0440. The lowest BCUT2D eigenvalue weighted by atomic mass is 9.84. The number of ether oxygens (including phenoxy) is 4. The van der Waals surface area contributed by atoms with E-state index in [0.717, 1.165) is 33.8 Å². The highest BCUT2D eigenvalue weighted by atomic mass is 16.7. The van der Waals surface area contributed by atoms with Gasteiger partial charge in [0.25, 0.3) is 0 Å². The summed E-state index contributed by atoms with van der Waals surface area (Å²) in [5.41, 5.74) is 3.78. The number of methoxy groups -OCH3 is 2. The van der Waals surface area contributed by atoms with E-state index in [9.17, 15) is 4.79 Å². The first-order chi connectivity index (χ1) is 14.0. The maximum atomic E-state index is 12.3. The van der Waals surface area contributed by atoms with Crippen LogP contribution in [0, 0.1) is 0 Å². The fourth-order valence-corrected chi connectivity index (χ4v) is 3.33. The molecule has 0 fully saturated rings. The standard InChI is InChI=1S/C25H34O5/c1-24(2,3)21-13-19(27-7)11-9-17(21)15-29-23(26)30-16-18-10-12-20(28-8)14-22(18)25(4,5)6/h9-14H,15-16H2,1-8H3. The van der Waals surface area contributed by atoms with E-state index in [2.05, 4.69) is 41.5 Å². The van der Waals surface area contributed by atoms with Gasteiger partial charge in [-0.1, -0.05) is 53.7 Å². The summed E-state index contributed by atoms with van der Waals surface area (Å²) >= 11 is 0. The smallest absolute Gasteiger partial charge is 0.497 e. The molecule has 0 N–H and O–H groups in total. The lowest BCUT2D eigenvalue weighted by Crippen LogP contribution is -2.17. The molecular formula is C25H34O5. The quantitative estimate of drug-likeness (QED) is 0.531. The molecule has 164 valence electrons. The molecule has 0 aliphatic heterocycles. The molecule has 0 bridgehead atoms. The molecule has 0 spiro atoms. The van der Waals surface area contributed by atoms with Crippen molar-refractivity contribution in [2.45, 2.75) is 65.6 Å². The van der Waals surface area contributed by atoms with Crippen molar-refractivity contribution in [2.24, 2.45) is 0 Å². The van der Waals surface area contributed by atoms with Crippen LogP contribution < -0.4 is 9.47 Å². The van der Waals surface area contributed by atoms with Gasteiger partial charge in [-0.3, -0.25) is 0 Å². The maximum absolute atomic E-state index is 12.3. The van der Waals surface area contributed by atoms with Gasteiger partial charge in [0.2, 0.25) is 0 Å². The van der Waals surface area contributed by atoms with E-state index in [1.807, 2.05) is 36.4 Å². The maximum Gasteiger partial charge on any atom is 0.508 e. The largest absolute Gasteiger partial charge is 0.508 e. The van der Waals surface area contributed by atoms with Crippen LogP contribution in [-0.2, 0) is 33.5 Å². The Hall–Kier alpha value is -2.69. The topological polar surface area (TPSA) is 54.0 Å². The number of rotatable bonds is 6. The fraction of sp³-hybridized carbons (Fsp3) is 0.480. The van der Waals surface area contributed by atoms with Gasteiger partial charge in [-0.2, -0.15) is 0 Å². The summed E-state index contributed by atoms with van der Waals surface area (Å²) in [5.74, 6) is 1.56. The molecule has 2 rings (SSSR count). The fourth-order valence-electron chi connectivity index (χ4n) is 3.33. The van der Waals surface area contributed by atoms with Crippen LogP contribution in [0.4, 0.5) is 4.79 Å². The normalized spacial score (nSPS) is 11.7. The zero-order valence-electron chi connectivity index (χ0n) is 19.4. The third-order valence-corrected chi connectivity index (χ3v) is 4.94. The van der Waals surface area contributed by atoms with Crippen LogP contribution in [-0.4, -0.2) is 20.4 Å². The minimum atomic E-state index is -0.693. The monoisotopic (exact) mass is 414 g/mol. The van der Waals surface area contributed by atoms with Crippen LogP contribution in [0.1, 0.15) is 63.8 Å². The van der Waals surface area contributed by atoms with E-state index in [-0.39, 0.29) is 24.0 Å². The van der Waals surface area contributed by atoms with Crippen molar-refractivity contribution in [2.75, 3.05) is 14.2 Å². The Morgan fingerprint density at radius 2 is 1.07 bits per heavy atom. The molecule has 0 saturated heterocycles. The Morgan fingerprint density at radius 1 is 0.700 bits per heavy atom. The van der Waals surface area contributed by atoms with E-state index in [1.54, 1.807) is 14.2 Å². The molecule has 0 aliphatic rings. The molecular weight excluding hydrogens is 380 g/mol. The molecule has 0 radical (unpaired) electrons. The van der Waals surface area contributed by atoms with Crippen molar-refractivity contribution in [1.82, 2.24) is 0 Å². The molecule has 5 nitrogen and oxygen atoms in total. The molecule has 0 aromatic heterocycles. The van der Waals surface area contributed by atoms with Crippen LogP contribution in [0.5, 0.6) is 11.5 Å². The molecule has 0 aliphatic carbocycles. The lowest BCUT2D eigenvalue weighted by Gasteiger charge is -2.24. The summed E-state index contributed by atoms with van der Waals surface area (Å²) in [6, 6.07) is 11.5. The second kappa shape index (κ2) is 9.41. The highest BCUT2D eigenvalue weighted by Gasteiger charge is 2.21. The Labute approximate surface area is 180 Å². The number of carbonyl (C=O) groups excluding carboxylic acids is 1. The second-order valence-electron chi connectivity index (χ2n) is 9.37. The summed E-state index contributed by atoms with van der Waals surface area (Å²) in [7, 11) is 3.28. The van der Waals surface area contributed by atoms with Crippen LogP contribution >= 0.6 is 0 Å². The van der Waals surface area contributed by atoms with Crippen LogP contribution in [0.25, 0.3) is 0 Å². The second-order valence-corrected chi connectivity index (χ2v) is 9.37. The van der Waals surface area contributed by atoms with Crippen LogP contribution in [0.15, 0.2) is 36.4 Å². The molecule has 0 heterocycles. The molecule has 0 saturated carbocycles. The Bertz CT molecular complexity index is 801. The average molecular weight is 415 g/mol. The van der Waals surface area contributed by atoms with Crippen molar-refractivity contribution in [1.29, 1.82) is 0 Å². The Kier molecular flexibility index (Phi) is 7.40. The van der Waals surface area contributed by atoms with Crippen LogP contribution in [0.3, 0.4) is 0 Å². The number of carbonyl (C=O) groups is 1. The van der Waals surface area contributed by atoms with Gasteiger partial charge in [0.1, 0.15) is 24.7 Å². The molecule has 0 atom stereocenters. The Morgan fingerprint density at radius 3 is 1.37 bits per heavy atom. The van der Waals surface area contributed by atoms with E-state index >= 15 is 0 Å². The minimum Gasteiger partial charge on any atom is -0.497 e. The SMILES string of the molecule is COc1ccc(COC(=O)OCc2ccc(OC)cc2C(C)(C)C)c(C(C)(C)C)c1. The number of hydrogen-bond donors (Lipinski definition) is 0. The molecule has 5 heteroatoms. The predicted octanol–water partition coefficient (Wildman–Crippen LogP) is 6.15. The molecule has 30 heavy (non-hydrogen) atoms. The van der Waals surface area contributed by atoms with Gasteiger partial charge in [-0.25, -0.2) is 4.79 Å². The summed E-state index contributed by atoms with van der Waals surface area (Å²) in [4.78, 5) is 12.3. The van der Waals surface area contributed by atoms with Crippen molar-refractivity contribution in [3.8, 4) is 11.5 Å². The first kappa shape index (κ1) is 23.6. The summed E-state index contributed by atoms with van der Waals surface area (Å²) < 4.78 is 21.5. The van der Waals surface area contributed by atoms with Gasteiger partial charge in [0.05, 0.1) is 14.2 Å². The van der Waals surface area contributed by atoms with Gasteiger partial charge >= 0.3 is 6.16 Å². The van der Waals surface area contributed by atoms with E-state index < -0.39 is 6.16 Å². The molecule has 0 unspecified atom stereocenters. The third kappa shape index (κ3) is 6.15. The summed E-state index contributed by atoms with van der Waals surface area (Å²) in [6.07, 6.45) is -0.693. The summed E-state index contributed by atoms with van der Waals surface area (Å²) in [6.45, 7) is 13.0. The van der Waals surface area contributed by atoms with Crippen molar-refractivity contribution < 1.29 is 23.7 Å². The molecule has 0 amide bonds. The predicted molar refractivity (Wildman–Crippen MR) is 118 cm³/mol. The highest BCUT2D eigenvalue weighted by molar-refractivity contribution is 5.60. The molecule has 2 aromatic rings. The third-order valence-electron chi connectivity index (χ3n) is 4.94. The van der Waals surface area contributed by atoms with Crippen molar-refractivity contribution >= 4 is 6.16 Å². The van der Waals surface area contributed by atoms with E-state index in [4.69, 9.17) is 18.9 Å². The van der Waals surface area contributed by atoms with Gasteiger partial charge in [-0.15, -0.1) is 0 Å². The van der Waals surface area contributed by atoms with E-state index in [1.165, 1.54) is 0 Å². The van der Waals surface area contributed by atoms with Crippen LogP contribution in [0.2, 0.25) is 0 Å². The van der Waals surface area contributed by atoms with Gasteiger partial charge in [0, 0.05) is 0 Å². The van der Waals surface area contributed by atoms with Gasteiger partial charge in [0.15, 0.2) is 0 Å². The van der Waals surface area contributed by atoms with E-state index in [0.29, 0.717) is 0 Å². The average Bonchev–Trinajstić information content (AvgIpc) is 2.69. The summed E-state index contributed by atoms with van der Waals surface area (Å²) in [5, 5.41) is 0. The van der Waals surface area contributed by atoms with Gasteiger partial charge in [-0.05, 0) is 57.3 Å². The first-order valence-corrected chi connectivity index (χ1v) is 10.1. The minimum absolute atomic E-state index is 0.109.